The smallest absolute Gasteiger partial charge is 0.411 e. The van der Waals surface area contributed by atoms with Crippen LogP contribution in [-0.4, -0.2) is 36.5 Å². The number of hydrogen-bond donors (Lipinski definition) is 1. The highest BCUT2D eigenvalue weighted by atomic mass is 19.4. The topological polar surface area (TPSA) is 52.5 Å². The minimum Gasteiger partial charge on any atom is -0.465 e. The van der Waals surface area contributed by atoms with Crippen LogP contribution in [-0.2, 0) is 16.0 Å². The summed E-state index contributed by atoms with van der Waals surface area (Å²) in [4.78, 5) is 12.4. The monoisotopic (exact) mass is 496 g/mol. The Kier molecular flexibility index (Phi) is 6.62. The van der Waals surface area contributed by atoms with Crippen molar-refractivity contribution in [3.8, 4) is 0 Å². The Morgan fingerprint density at radius 3 is 2.72 bits per heavy atom. The van der Waals surface area contributed by atoms with Crippen molar-refractivity contribution in [3.05, 3.63) is 83.6 Å². The number of halogens is 3. The SMILES string of the molecule is COC(=O)c1cc(C2CC2)ccc1Nc1ccc2c(ccn2CC2=CC=CC(OCC(F)(F)F)C2)c1. The number of rotatable bonds is 8. The van der Waals surface area contributed by atoms with Gasteiger partial charge in [-0.2, -0.15) is 13.2 Å². The van der Waals surface area contributed by atoms with E-state index in [-0.39, 0.29) is 5.97 Å². The molecule has 2 aliphatic carbocycles. The second-order valence-electron chi connectivity index (χ2n) is 9.29. The molecule has 5 nitrogen and oxygen atoms in total. The first-order valence-corrected chi connectivity index (χ1v) is 11.9. The molecule has 188 valence electrons. The van der Waals surface area contributed by atoms with Crippen LogP contribution in [0.2, 0.25) is 0 Å². The number of fused-ring (bicyclic) bond motifs is 1. The van der Waals surface area contributed by atoms with Gasteiger partial charge in [0.25, 0.3) is 0 Å². The Balaban J connectivity index is 1.30. The zero-order valence-electron chi connectivity index (χ0n) is 19.8. The van der Waals surface area contributed by atoms with Crippen LogP contribution >= 0.6 is 0 Å². The van der Waals surface area contributed by atoms with E-state index in [0.29, 0.717) is 30.1 Å². The number of carbonyl (C=O) groups excluding carboxylic acids is 1. The minimum atomic E-state index is -4.34. The van der Waals surface area contributed by atoms with Crippen LogP contribution in [0.4, 0.5) is 24.5 Å². The highest BCUT2D eigenvalue weighted by Gasteiger charge is 2.29. The number of benzene rings is 2. The maximum Gasteiger partial charge on any atom is 0.411 e. The maximum absolute atomic E-state index is 12.5. The molecule has 1 N–H and O–H groups in total. The molecule has 1 aromatic heterocycles. The van der Waals surface area contributed by atoms with Gasteiger partial charge in [0.15, 0.2) is 0 Å². The van der Waals surface area contributed by atoms with E-state index in [1.54, 1.807) is 12.2 Å². The number of esters is 1. The van der Waals surface area contributed by atoms with E-state index in [0.717, 1.165) is 40.6 Å². The Hall–Kier alpha value is -3.52. The number of aromatic nitrogens is 1. The standard InChI is InChI=1S/C28H27F3N2O3/c1-35-27(34)24-15-20(19-5-6-19)7-9-25(24)32-22-8-10-26-21(14-22)11-12-33(26)16-18-3-2-4-23(13-18)36-17-28(29,30)31/h2-4,7-12,14-15,19,23,32H,5-6,13,16-17H2,1H3. The van der Waals surface area contributed by atoms with Crippen molar-refractivity contribution in [2.45, 2.75) is 44.0 Å². The van der Waals surface area contributed by atoms with Gasteiger partial charge < -0.3 is 19.4 Å². The molecule has 0 radical (unpaired) electrons. The summed E-state index contributed by atoms with van der Waals surface area (Å²) in [5.74, 6) is 0.152. The molecule has 1 heterocycles. The molecule has 0 aliphatic heterocycles. The van der Waals surface area contributed by atoms with Crippen molar-refractivity contribution in [1.82, 2.24) is 4.57 Å². The van der Waals surface area contributed by atoms with Gasteiger partial charge in [0, 0.05) is 35.8 Å². The van der Waals surface area contributed by atoms with E-state index < -0.39 is 18.9 Å². The molecule has 0 saturated heterocycles. The predicted molar refractivity (Wildman–Crippen MR) is 133 cm³/mol. The summed E-state index contributed by atoms with van der Waals surface area (Å²) in [5, 5.41) is 4.36. The lowest BCUT2D eigenvalue weighted by Crippen LogP contribution is -2.23. The summed E-state index contributed by atoms with van der Waals surface area (Å²) in [6.07, 6.45) is 5.08. The minimum absolute atomic E-state index is 0.375. The van der Waals surface area contributed by atoms with Crippen LogP contribution in [0.5, 0.6) is 0 Å². The number of ether oxygens (including phenoxy) is 2. The summed E-state index contributed by atoms with van der Waals surface area (Å²) in [5.41, 5.74) is 5.19. The van der Waals surface area contributed by atoms with Gasteiger partial charge in [0.1, 0.15) is 6.61 Å². The first-order chi connectivity index (χ1) is 17.3. The third-order valence-electron chi connectivity index (χ3n) is 6.50. The van der Waals surface area contributed by atoms with Gasteiger partial charge >= 0.3 is 12.1 Å². The number of methoxy groups -OCH3 is 1. The van der Waals surface area contributed by atoms with Gasteiger partial charge in [-0.1, -0.05) is 24.3 Å². The molecule has 1 saturated carbocycles. The van der Waals surface area contributed by atoms with Crippen molar-refractivity contribution < 1.29 is 27.4 Å². The average Bonchev–Trinajstić information content (AvgIpc) is 3.64. The molecule has 1 atom stereocenters. The normalized spacial score (nSPS) is 17.8. The summed E-state index contributed by atoms with van der Waals surface area (Å²) in [6, 6.07) is 13.8. The Morgan fingerprint density at radius 2 is 1.97 bits per heavy atom. The molecule has 0 spiro atoms. The Labute approximate surface area is 207 Å². The number of hydrogen-bond acceptors (Lipinski definition) is 4. The molecule has 1 unspecified atom stereocenters. The number of nitrogens with one attached hydrogen (secondary N) is 1. The lowest BCUT2D eigenvalue weighted by atomic mass is 10.0. The van der Waals surface area contributed by atoms with Crippen LogP contribution in [0.3, 0.4) is 0 Å². The van der Waals surface area contributed by atoms with Gasteiger partial charge in [-0.05, 0) is 66.3 Å². The summed E-state index contributed by atoms with van der Waals surface area (Å²) in [6.45, 7) is -0.694. The van der Waals surface area contributed by atoms with Gasteiger partial charge in [-0.15, -0.1) is 0 Å². The molecule has 5 rings (SSSR count). The molecule has 36 heavy (non-hydrogen) atoms. The van der Waals surface area contributed by atoms with E-state index in [2.05, 4.69) is 16.0 Å². The fraction of sp³-hybridized carbons (Fsp3) is 0.321. The van der Waals surface area contributed by atoms with E-state index in [1.807, 2.05) is 48.7 Å². The number of carbonyl (C=O) groups is 1. The van der Waals surface area contributed by atoms with Gasteiger partial charge in [-0.25, -0.2) is 4.79 Å². The van der Waals surface area contributed by atoms with Gasteiger partial charge in [-0.3, -0.25) is 0 Å². The lowest BCUT2D eigenvalue weighted by molar-refractivity contribution is -0.180. The lowest BCUT2D eigenvalue weighted by Gasteiger charge is -2.20. The first-order valence-electron chi connectivity index (χ1n) is 11.9. The van der Waals surface area contributed by atoms with Crippen LogP contribution in [0.15, 0.2) is 72.5 Å². The van der Waals surface area contributed by atoms with Crippen molar-refractivity contribution in [2.24, 2.45) is 0 Å². The molecular weight excluding hydrogens is 469 g/mol. The number of anilines is 2. The first kappa shape index (κ1) is 24.2. The largest absolute Gasteiger partial charge is 0.465 e. The van der Waals surface area contributed by atoms with E-state index in [4.69, 9.17) is 9.47 Å². The average molecular weight is 497 g/mol. The maximum atomic E-state index is 12.5. The Bertz CT molecular complexity index is 1340. The summed E-state index contributed by atoms with van der Waals surface area (Å²) >= 11 is 0. The van der Waals surface area contributed by atoms with Crippen molar-refractivity contribution in [2.75, 3.05) is 19.0 Å². The summed E-state index contributed by atoms with van der Waals surface area (Å²) in [7, 11) is 1.38. The predicted octanol–water partition coefficient (Wildman–Crippen LogP) is 6.88. The molecule has 2 aliphatic rings. The highest BCUT2D eigenvalue weighted by molar-refractivity contribution is 5.97. The van der Waals surface area contributed by atoms with Gasteiger partial charge in [0.05, 0.1) is 24.5 Å². The molecule has 8 heteroatoms. The van der Waals surface area contributed by atoms with E-state index in [1.165, 1.54) is 7.11 Å². The third-order valence-corrected chi connectivity index (χ3v) is 6.50. The molecule has 0 amide bonds. The summed E-state index contributed by atoms with van der Waals surface area (Å²) < 4.78 is 49.6. The van der Waals surface area contributed by atoms with E-state index >= 15 is 0 Å². The van der Waals surface area contributed by atoms with Crippen LogP contribution in [0.25, 0.3) is 10.9 Å². The van der Waals surface area contributed by atoms with Crippen molar-refractivity contribution >= 4 is 28.2 Å². The third kappa shape index (κ3) is 5.65. The fourth-order valence-corrected chi connectivity index (χ4v) is 4.55. The second kappa shape index (κ2) is 9.85. The molecular formula is C28H27F3N2O3. The zero-order chi connectivity index (χ0) is 25.3. The van der Waals surface area contributed by atoms with E-state index in [9.17, 15) is 18.0 Å². The zero-order valence-corrected chi connectivity index (χ0v) is 19.8. The van der Waals surface area contributed by atoms with Crippen LogP contribution in [0.1, 0.15) is 41.1 Å². The molecule has 1 fully saturated rings. The van der Waals surface area contributed by atoms with Gasteiger partial charge in [0.2, 0.25) is 0 Å². The quantitative estimate of drug-likeness (QED) is 0.345. The van der Waals surface area contributed by atoms with Crippen LogP contribution < -0.4 is 5.32 Å². The number of nitrogens with zero attached hydrogens (tertiary/aromatic N) is 1. The fourth-order valence-electron chi connectivity index (χ4n) is 4.55. The van der Waals surface area contributed by atoms with Crippen molar-refractivity contribution in [1.29, 1.82) is 0 Å². The second-order valence-corrected chi connectivity index (χ2v) is 9.29. The van der Waals surface area contributed by atoms with Crippen molar-refractivity contribution in [3.63, 3.8) is 0 Å². The van der Waals surface area contributed by atoms with Crippen LogP contribution in [0, 0.1) is 0 Å². The Morgan fingerprint density at radius 1 is 1.14 bits per heavy atom. The molecule has 3 aromatic rings. The molecule has 0 bridgehead atoms. The highest BCUT2D eigenvalue weighted by Crippen LogP contribution is 2.41. The number of alkyl halides is 3. The molecule has 2 aromatic carbocycles. The number of allylic oxidation sites excluding steroid dienone is 2.